The molecule has 0 heterocycles. The van der Waals surface area contributed by atoms with Crippen LogP contribution >= 0.6 is 0 Å². The number of nitrogens with one attached hydrogen (secondary N) is 1. The van der Waals surface area contributed by atoms with Gasteiger partial charge in [-0.3, -0.25) is 4.79 Å². The van der Waals surface area contributed by atoms with E-state index in [1.165, 1.54) is 24.3 Å². The Kier molecular flexibility index (Phi) is 4.96. The zero-order valence-corrected chi connectivity index (χ0v) is 9.46. The largest absolute Gasteiger partial charge is 0.573 e. The Bertz CT molecular complexity index is 390. The van der Waals surface area contributed by atoms with Crippen molar-refractivity contribution in [1.29, 1.82) is 0 Å². The van der Waals surface area contributed by atoms with E-state index in [0.29, 0.717) is 13.1 Å². The van der Waals surface area contributed by atoms with Gasteiger partial charge in [-0.05, 0) is 17.7 Å². The Morgan fingerprint density at radius 2 is 1.89 bits per heavy atom. The van der Waals surface area contributed by atoms with E-state index in [-0.39, 0.29) is 12.2 Å². The average molecular weight is 262 g/mol. The lowest BCUT2D eigenvalue weighted by molar-refractivity contribution is -0.274. The molecule has 0 unspecified atom stereocenters. The summed E-state index contributed by atoms with van der Waals surface area (Å²) in [7, 11) is 0. The highest BCUT2D eigenvalue weighted by Gasteiger charge is 2.30. The van der Waals surface area contributed by atoms with Gasteiger partial charge in [-0.15, -0.1) is 13.2 Å². The second-order valence-corrected chi connectivity index (χ2v) is 3.58. The number of rotatable bonds is 6. The number of amides is 1. The molecule has 0 saturated heterocycles. The maximum atomic E-state index is 11.9. The van der Waals surface area contributed by atoms with Crippen molar-refractivity contribution in [2.24, 2.45) is 5.73 Å². The van der Waals surface area contributed by atoms with Crippen LogP contribution in [0.2, 0.25) is 0 Å². The number of primary amides is 1. The third kappa shape index (κ3) is 6.09. The number of benzene rings is 1. The normalized spacial score (nSPS) is 11.3. The zero-order valence-electron chi connectivity index (χ0n) is 9.46. The van der Waals surface area contributed by atoms with Crippen LogP contribution < -0.4 is 15.8 Å². The van der Waals surface area contributed by atoms with Crippen molar-refractivity contribution in [3.8, 4) is 5.75 Å². The summed E-state index contributed by atoms with van der Waals surface area (Å²) in [5.41, 5.74) is 5.73. The number of halogens is 3. The molecule has 18 heavy (non-hydrogen) atoms. The van der Waals surface area contributed by atoms with Crippen molar-refractivity contribution in [2.75, 3.05) is 6.54 Å². The van der Waals surface area contributed by atoms with Crippen LogP contribution in [0.15, 0.2) is 24.3 Å². The molecule has 4 nitrogen and oxygen atoms in total. The first kappa shape index (κ1) is 14.3. The molecule has 100 valence electrons. The summed E-state index contributed by atoms with van der Waals surface area (Å²) in [5, 5.41) is 2.94. The molecule has 7 heteroatoms. The van der Waals surface area contributed by atoms with Crippen LogP contribution in [0.1, 0.15) is 12.0 Å². The van der Waals surface area contributed by atoms with Crippen molar-refractivity contribution >= 4 is 5.91 Å². The van der Waals surface area contributed by atoms with E-state index in [1.807, 2.05) is 0 Å². The molecule has 0 radical (unpaired) electrons. The van der Waals surface area contributed by atoms with E-state index in [9.17, 15) is 18.0 Å². The van der Waals surface area contributed by atoms with Crippen LogP contribution in [-0.2, 0) is 11.3 Å². The first-order chi connectivity index (χ1) is 8.37. The zero-order chi connectivity index (χ0) is 13.6. The Morgan fingerprint density at radius 3 is 2.39 bits per heavy atom. The van der Waals surface area contributed by atoms with Gasteiger partial charge in [0.1, 0.15) is 5.75 Å². The highest BCUT2D eigenvalue weighted by atomic mass is 19.4. The lowest BCUT2D eigenvalue weighted by Gasteiger charge is -2.09. The van der Waals surface area contributed by atoms with Gasteiger partial charge in [0.25, 0.3) is 0 Å². The first-order valence-corrected chi connectivity index (χ1v) is 5.20. The van der Waals surface area contributed by atoms with Gasteiger partial charge in [0.05, 0.1) is 0 Å². The summed E-state index contributed by atoms with van der Waals surface area (Å²) in [6.45, 7) is 0.871. The fraction of sp³-hybridized carbons (Fsp3) is 0.364. The van der Waals surface area contributed by atoms with Gasteiger partial charge >= 0.3 is 6.36 Å². The molecule has 0 aromatic heterocycles. The van der Waals surface area contributed by atoms with Crippen LogP contribution in [0.5, 0.6) is 5.75 Å². The molecule has 1 amide bonds. The average Bonchev–Trinajstić information content (AvgIpc) is 2.24. The standard InChI is InChI=1S/C11H13F3N2O2/c12-11(13,14)18-9-3-1-8(2-4-9)7-16-6-5-10(15)17/h1-4,16H,5-7H2,(H2,15,17). The molecule has 0 bridgehead atoms. The van der Waals surface area contributed by atoms with E-state index in [0.717, 1.165) is 5.56 Å². The molecule has 0 saturated carbocycles. The highest BCUT2D eigenvalue weighted by Crippen LogP contribution is 2.22. The molecule has 0 atom stereocenters. The van der Waals surface area contributed by atoms with Crippen LogP contribution in [0.25, 0.3) is 0 Å². The van der Waals surface area contributed by atoms with E-state index >= 15 is 0 Å². The predicted octanol–water partition coefficient (Wildman–Crippen LogP) is 1.55. The Hall–Kier alpha value is -1.76. The third-order valence-electron chi connectivity index (χ3n) is 2.03. The van der Waals surface area contributed by atoms with Gasteiger partial charge in [0.2, 0.25) is 5.91 Å². The lowest BCUT2D eigenvalue weighted by Crippen LogP contribution is -2.21. The number of carbonyl (C=O) groups is 1. The van der Waals surface area contributed by atoms with E-state index in [1.54, 1.807) is 0 Å². The van der Waals surface area contributed by atoms with E-state index in [4.69, 9.17) is 5.73 Å². The summed E-state index contributed by atoms with van der Waals surface area (Å²) >= 11 is 0. The SMILES string of the molecule is NC(=O)CCNCc1ccc(OC(F)(F)F)cc1. The van der Waals surface area contributed by atoms with Crippen molar-refractivity contribution in [1.82, 2.24) is 5.32 Å². The van der Waals surface area contributed by atoms with Crippen LogP contribution in [0.3, 0.4) is 0 Å². The molecule has 0 aliphatic heterocycles. The molecule has 1 aromatic rings. The summed E-state index contributed by atoms with van der Waals surface area (Å²) < 4.78 is 39.4. The number of hydrogen-bond acceptors (Lipinski definition) is 3. The summed E-state index contributed by atoms with van der Waals surface area (Å²) in [4.78, 5) is 10.4. The van der Waals surface area contributed by atoms with Crippen molar-refractivity contribution in [3.63, 3.8) is 0 Å². The van der Waals surface area contributed by atoms with Gasteiger partial charge in [-0.2, -0.15) is 0 Å². The molecular formula is C11H13F3N2O2. The Balaban J connectivity index is 2.38. The first-order valence-electron chi connectivity index (χ1n) is 5.20. The van der Waals surface area contributed by atoms with Gasteiger partial charge in [-0.1, -0.05) is 12.1 Å². The smallest absolute Gasteiger partial charge is 0.406 e. The fourth-order valence-corrected chi connectivity index (χ4v) is 1.25. The second kappa shape index (κ2) is 6.25. The minimum atomic E-state index is -4.68. The topological polar surface area (TPSA) is 64.4 Å². The van der Waals surface area contributed by atoms with Crippen LogP contribution in [-0.4, -0.2) is 18.8 Å². The minimum absolute atomic E-state index is 0.218. The van der Waals surface area contributed by atoms with Gasteiger partial charge in [-0.25, -0.2) is 0 Å². The molecular weight excluding hydrogens is 249 g/mol. The maximum absolute atomic E-state index is 11.9. The van der Waals surface area contributed by atoms with Gasteiger partial charge in [0.15, 0.2) is 0 Å². The van der Waals surface area contributed by atoms with Crippen molar-refractivity contribution in [2.45, 2.75) is 19.3 Å². The lowest BCUT2D eigenvalue weighted by atomic mass is 10.2. The monoisotopic (exact) mass is 262 g/mol. The minimum Gasteiger partial charge on any atom is -0.406 e. The number of alkyl halides is 3. The molecule has 1 rings (SSSR count). The number of nitrogens with two attached hydrogens (primary N) is 1. The summed E-state index contributed by atoms with van der Waals surface area (Å²) in [6.07, 6.45) is -4.46. The van der Waals surface area contributed by atoms with Crippen molar-refractivity contribution in [3.05, 3.63) is 29.8 Å². The fourth-order valence-electron chi connectivity index (χ4n) is 1.25. The predicted molar refractivity (Wildman–Crippen MR) is 58.6 cm³/mol. The summed E-state index contributed by atoms with van der Waals surface area (Å²) in [6, 6.07) is 5.49. The maximum Gasteiger partial charge on any atom is 0.573 e. The molecule has 3 N–H and O–H groups in total. The summed E-state index contributed by atoms with van der Waals surface area (Å²) in [5.74, 6) is -0.667. The van der Waals surface area contributed by atoms with Gasteiger partial charge < -0.3 is 15.8 Å². The quantitative estimate of drug-likeness (QED) is 0.764. The van der Waals surface area contributed by atoms with Crippen LogP contribution in [0, 0.1) is 0 Å². The number of carbonyl (C=O) groups excluding carboxylic acids is 1. The van der Waals surface area contributed by atoms with Crippen LogP contribution in [0.4, 0.5) is 13.2 Å². The number of ether oxygens (including phenoxy) is 1. The molecule has 0 aliphatic rings. The number of hydrogen-bond donors (Lipinski definition) is 2. The van der Waals surface area contributed by atoms with Crippen molar-refractivity contribution < 1.29 is 22.7 Å². The molecule has 0 fully saturated rings. The molecule has 1 aromatic carbocycles. The molecule has 0 spiro atoms. The van der Waals surface area contributed by atoms with E-state index in [2.05, 4.69) is 10.1 Å². The Morgan fingerprint density at radius 1 is 1.28 bits per heavy atom. The second-order valence-electron chi connectivity index (χ2n) is 3.58. The highest BCUT2D eigenvalue weighted by molar-refractivity contribution is 5.73. The van der Waals surface area contributed by atoms with E-state index < -0.39 is 12.3 Å². The molecule has 0 aliphatic carbocycles. The Labute approximate surface area is 102 Å². The third-order valence-corrected chi connectivity index (χ3v) is 2.03. The van der Waals surface area contributed by atoms with Gasteiger partial charge in [0, 0.05) is 19.5 Å².